The zero-order valence-corrected chi connectivity index (χ0v) is 9.88. The average Bonchev–Trinajstić information content (AvgIpc) is 2.46. The van der Waals surface area contributed by atoms with Gasteiger partial charge in [0.25, 0.3) is 0 Å². The van der Waals surface area contributed by atoms with Gasteiger partial charge in [-0.2, -0.15) is 0 Å². The molecule has 0 spiro atoms. The maximum absolute atomic E-state index is 11.6. The summed E-state index contributed by atoms with van der Waals surface area (Å²) < 4.78 is 0. The van der Waals surface area contributed by atoms with Crippen molar-refractivity contribution in [1.29, 1.82) is 0 Å². The van der Waals surface area contributed by atoms with E-state index in [0.29, 0.717) is 11.3 Å². The molecule has 2 unspecified atom stereocenters. The summed E-state index contributed by atoms with van der Waals surface area (Å²) in [6, 6.07) is 0. The minimum absolute atomic E-state index is 0.330. The highest BCUT2D eigenvalue weighted by atomic mass is 16.4. The molecule has 86 valence electrons. The first-order valence-corrected chi connectivity index (χ1v) is 6.22. The first kappa shape index (κ1) is 11.0. The normalized spacial score (nSPS) is 38.7. The molecular formula is C13H22O2. The van der Waals surface area contributed by atoms with Crippen molar-refractivity contribution in [2.24, 2.45) is 16.7 Å². The molecule has 1 N–H and O–H groups in total. The van der Waals surface area contributed by atoms with Crippen LogP contribution in [0.1, 0.15) is 58.8 Å². The standard InChI is InChI=1S/C13H22O2/c1-10-5-3-8-13(10,11(14)15)9-12(2)6-4-7-12/h10H,3-9H2,1-2H3,(H,14,15). The molecule has 2 fully saturated rings. The van der Waals surface area contributed by atoms with Crippen molar-refractivity contribution in [1.82, 2.24) is 0 Å². The predicted molar refractivity (Wildman–Crippen MR) is 59.7 cm³/mol. The lowest BCUT2D eigenvalue weighted by Gasteiger charge is -2.45. The second-order valence-electron chi connectivity index (χ2n) is 6.10. The quantitative estimate of drug-likeness (QED) is 0.774. The molecule has 2 aliphatic carbocycles. The number of aliphatic carboxylic acids is 1. The van der Waals surface area contributed by atoms with Crippen LogP contribution in [0.4, 0.5) is 0 Å². The van der Waals surface area contributed by atoms with Crippen molar-refractivity contribution in [2.45, 2.75) is 58.8 Å². The molecule has 2 atom stereocenters. The van der Waals surface area contributed by atoms with Gasteiger partial charge in [-0.3, -0.25) is 4.79 Å². The van der Waals surface area contributed by atoms with E-state index in [0.717, 1.165) is 25.7 Å². The van der Waals surface area contributed by atoms with E-state index in [1.54, 1.807) is 0 Å². The van der Waals surface area contributed by atoms with E-state index in [-0.39, 0.29) is 0 Å². The fraction of sp³-hybridized carbons (Fsp3) is 0.923. The van der Waals surface area contributed by atoms with Crippen LogP contribution in [0.25, 0.3) is 0 Å². The van der Waals surface area contributed by atoms with Crippen LogP contribution in [-0.4, -0.2) is 11.1 Å². The van der Waals surface area contributed by atoms with Crippen molar-refractivity contribution in [3.63, 3.8) is 0 Å². The smallest absolute Gasteiger partial charge is 0.309 e. The molecule has 2 nitrogen and oxygen atoms in total. The van der Waals surface area contributed by atoms with E-state index < -0.39 is 11.4 Å². The Morgan fingerprint density at radius 2 is 2.00 bits per heavy atom. The summed E-state index contributed by atoms with van der Waals surface area (Å²) in [4.78, 5) is 11.6. The third kappa shape index (κ3) is 1.68. The highest BCUT2D eigenvalue weighted by molar-refractivity contribution is 5.75. The largest absolute Gasteiger partial charge is 0.481 e. The van der Waals surface area contributed by atoms with Crippen LogP contribution in [0.2, 0.25) is 0 Å². The summed E-state index contributed by atoms with van der Waals surface area (Å²) in [5.74, 6) is -0.173. The summed E-state index contributed by atoms with van der Waals surface area (Å²) in [7, 11) is 0. The molecule has 15 heavy (non-hydrogen) atoms. The lowest BCUT2D eigenvalue weighted by Crippen LogP contribution is -2.41. The molecule has 2 heteroatoms. The number of carboxylic acid groups (broad SMARTS) is 1. The van der Waals surface area contributed by atoms with Crippen LogP contribution >= 0.6 is 0 Å². The number of hydrogen-bond donors (Lipinski definition) is 1. The Hall–Kier alpha value is -0.530. The molecule has 0 aromatic heterocycles. The first-order chi connectivity index (χ1) is 6.99. The van der Waals surface area contributed by atoms with E-state index in [9.17, 15) is 9.90 Å². The molecule has 0 saturated heterocycles. The Morgan fingerprint density at radius 1 is 1.33 bits per heavy atom. The number of rotatable bonds is 3. The van der Waals surface area contributed by atoms with E-state index in [2.05, 4.69) is 13.8 Å². The third-order valence-electron chi connectivity index (χ3n) is 4.93. The second kappa shape index (κ2) is 3.50. The fourth-order valence-electron chi connectivity index (χ4n) is 3.62. The minimum Gasteiger partial charge on any atom is -0.481 e. The van der Waals surface area contributed by atoms with Crippen molar-refractivity contribution in [3.8, 4) is 0 Å². The van der Waals surface area contributed by atoms with Crippen LogP contribution in [0.5, 0.6) is 0 Å². The van der Waals surface area contributed by atoms with E-state index >= 15 is 0 Å². The van der Waals surface area contributed by atoms with Gasteiger partial charge in [0.05, 0.1) is 5.41 Å². The van der Waals surface area contributed by atoms with E-state index in [4.69, 9.17) is 0 Å². The fourth-order valence-corrected chi connectivity index (χ4v) is 3.62. The highest BCUT2D eigenvalue weighted by Crippen LogP contribution is 2.55. The summed E-state index contributed by atoms with van der Waals surface area (Å²) in [6.07, 6.45) is 7.77. The number of carboxylic acids is 1. The van der Waals surface area contributed by atoms with Crippen molar-refractivity contribution in [3.05, 3.63) is 0 Å². The molecule has 0 aliphatic heterocycles. The highest BCUT2D eigenvalue weighted by Gasteiger charge is 2.51. The summed E-state index contributed by atoms with van der Waals surface area (Å²) in [5.41, 5.74) is -0.0633. The van der Waals surface area contributed by atoms with Crippen molar-refractivity contribution < 1.29 is 9.90 Å². The Labute approximate surface area is 92.1 Å². The van der Waals surface area contributed by atoms with Gasteiger partial charge in [0.1, 0.15) is 0 Å². The van der Waals surface area contributed by atoms with Gasteiger partial charge in [-0.15, -0.1) is 0 Å². The second-order valence-corrected chi connectivity index (χ2v) is 6.10. The van der Waals surface area contributed by atoms with Crippen LogP contribution in [0.15, 0.2) is 0 Å². The molecule has 0 heterocycles. The Bertz CT molecular complexity index is 268. The van der Waals surface area contributed by atoms with Crippen LogP contribution in [-0.2, 0) is 4.79 Å². The number of hydrogen-bond acceptors (Lipinski definition) is 1. The van der Waals surface area contributed by atoms with Gasteiger partial charge in [0.2, 0.25) is 0 Å². The minimum atomic E-state index is -0.541. The Kier molecular flexibility index (Phi) is 2.56. The summed E-state index contributed by atoms with van der Waals surface area (Å²) in [5, 5.41) is 9.52. The lowest BCUT2D eigenvalue weighted by atomic mass is 9.59. The zero-order chi connectivity index (χ0) is 11.1. The molecule has 2 aliphatic rings. The molecule has 2 rings (SSSR count). The SMILES string of the molecule is CC1CCCC1(CC1(C)CCC1)C(=O)O. The molecule has 0 radical (unpaired) electrons. The molecule has 0 aromatic carbocycles. The van der Waals surface area contributed by atoms with Gasteiger partial charge >= 0.3 is 5.97 Å². The molecule has 0 amide bonds. The van der Waals surface area contributed by atoms with Gasteiger partial charge in [0, 0.05) is 0 Å². The zero-order valence-electron chi connectivity index (χ0n) is 9.88. The van der Waals surface area contributed by atoms with Crippen molar-refractivity contribution >= 4 is 5.97 Å². The summed E-state index contributed by atoms with van der Waals surface area (Å²) >= 11 is 0. The van der Waals surface area contributed by atoms with Crippen LogP contribution in [0.3, 0.4) is 0 Å². The molecule has 0 aromatic rings. The first-order valence-electron chi connectivity index (χ1n) is 6.22. The van der Waals surface area contributed by atoms with Gasteiger partial charge in [-0.1, -0.05) is 26.7 Å². The maximum atomic E-state index is 11.6. The van der Waals surface area contributed by atoms with Crippen LogP contribution < -0.4 is 0 Å². The van der Waals surface area contributed by atoms with Gasteiger partial charge in [0.15, 0.2) is 0 Å². The van der Waals surface area contributed by atoms with Crippen LogP contribution in [0, 0.1) is 16.7 Å². The number of carbonyl (C=O) groups is 1. The third-order valence-corrected chi connectivity index (χ3v) is 4.93. The Morgan fingerprint density at radius 3 is 2.33 bits per heavy atom. The summed E-state index contributed by atoms with van der Waals surface area (Å²) in [6.45, 7) is 4.40. The van der Waals surface area contributed by atoms with E-state index in [1.807, 2.05) is 0 Å². The topological polar surface area (TPSA) is 37.3 Å². The lowest BCUT2D eigenvalue weighted by molar-refractivity contribution is -0.154. The Balaban J connectivity index is 2.16. The van der Waals surface area contributed by atoms with Gasteiger partial charge in [-0.05, 0) is 43.4 Å². The predicted octanol–water partition coefficient (Wildman–Crippen LogP) is 3.46. The van der Waals surface area contributed by atoms with E-state index in [1.165, 1.54) is 19.3 Å². The van der Waals surface area contributed by atoms with Gasteiger partial charge < -0.3 is 5.11 Å². The molecular weight excluding hydrogens is 188 g/mol. The molecule has 0 bridgehead atoms. The van der Waals surface area contributed by atoms with Gasteiger partial charge in [-0.25, -0.2) is 0 Å². The van der Waals surface area contributed by atoms with Crippen molar-refractivity contribution in [2.75, 3.05) is 0 Å². The molecule has 2 saturated carbocycles. The maximum Gasteiger partial charge on any atom is 0.309 e. The monoisotopic (exact) mass is 210 g/mol. The average molecular weight is 210 g/mol.